The van der Waals surface area contributed by atoms with Crippen LogP contribution in [-0.2, 0) is 9.59 Å². The Balaban J connectivity index is 2.67. The second-order valence-corrected chi connectivity index (χ2v) is 8.94. The van der Waals surface area contributed by atoms with Crippen LogP contribution in [0.5, 0.6) is 0 Å². The summed E-state index contributed by atoms with van der Waals surface area (Å²) in [4.78, 5) is 28.2. The minimum absolute atomic E-state index is 0.00807. The summed E-state index contributed by atoms with van der Waals surface area (Å²) in [5.74, 6) is -0.0849. The number of nitrogens with zero attached hydrogens (tertiary/aromatic N) is 1. The van der Waals surface area contributed by atoms with Crippen molar-refractivity contribution in [3.8, 4) is 0 Å². The zero-order valence-electron chi connectivity index (χ0n) is 16.7. The lowest BCUT2D eigenvalue weighted by Crippen LogP contribution is -2.31. The zero-order valence-corrected chi connectivity index (χ0v) is 16.7. The molecule has 0 aliphatic heterocycles. The quantitative estimate of drug-likeness (QED) is 0.734. The maximum Gasteiger partial charge on any atom is 0.187 e. The molecule has 0 bridgehead atoms. The Kier molecular flexibility index (Phi) is 4.82. The zero-order chi connectivity index (χ0) is 19.2. The molecule has 0 heterocycles. The molecule has 2 rings (SSSR count). The first-order valence-corrected chi connectivity index (χ1v) is 8.67. The third kappa shape index (κ3) is 3.76. The maximum absolute atomic E-state index is 13.2. The summed E-state index contributed by atoms with van der Waals surface area (Å²) in [5.41, 5.74) is 2.84. The van der Waals surface area contributed by atoms with Crippen LogP contribution in [0.15, 0.2) is 41.5 Å². The standard InChI is InChI=1S/C22H29NO2/c1-21(2,3)16-13-17(24)18(19(20(16)25)22(4,5)6)14-9-11-15(12-10-14)23(7)8/h9-13H,1-8H3. The van der Waals surface area contributed by atoms with Crippen LogP contribution in [0.4, 0.5) is 5.69 Å². The van der Waals surface area contributed by atoms with E-state index in [4.69, 9.17) is 0 Å². The van der Waals surface area contributed by atoms with Gasteiger partial charge in [-0.15, -0.1) is 0 Å². The Morgan fingerprint density at radius 2 is 1.32 bits per heavy atom. The largest absolute Gasteiger partial charge is 0.378 e. The van der Waals surface area contributed by atoms with E-state index in [0.717, 1.165) is 11.3 Å². The lowest BCUT2D eigenvalue weighted by Gasteiger charge is -2.33. The molecule has 25 heavy (non-hydrogen) atoms. The van der Waals surface area contributed by atoms with Gasteiger partial charge in [0.1, 0.15) is 0 Å². The molecule has 0 fully saturated rings. The van der Waals surface area contributed by atoms with Crippen LogP contribution >= 0.6 is 0 Å². The van der Waals surface area contributed by atoms with E-state index in [1.165, 1.54) is 6.08 Å². The Morgan fingerprint density at radius 1 is 0.800 bits per heavy atom. The van der Waals surface area contributed by atoms with Crippen molar-refractivity contribution in [3.05, 3.63) is 47.1 Å². The first-order chi connectivity index (χ1) is 11.3. The van der Waals surface area contributed by atoms with Gasteiger partial charge in [-0.1, -0.05) is 53.7 Å². The lowest BCUT2D eigenvalue weighted by molar-refractivity contribution is -0.116. The van der Waals surface area contributed by atoms with Crippen LogP contribution in [0.1, 0.15) is 47.1 Å². The van der Waals surface area contributed by atoms with Crippen molar-refractivity contribution in [2.24, 2.45) is 10.8 Å². The van der Waals surface area contributed by atoms with Crippen LogP contribution in [-0.4, -0.2) is 25.7 Å². The third-order valence-corrected chi connectivity index (χ3v) is 4.47. The number of carbonyl (C=O) groups is 2. The van der Waals surface area contributed by atoms with E-state index in [2.05, 4.69) is 0 Å². The fourth-order valence-electron chi connectivity index (χ4n) is 3.13. The van der Waals surface area contributed by atoms with Crippen molar-refractivity contribution in [2.45, 2.75) is 41.5 Å². The fourth-order valence-corrected chi connectivity index (χ4v) is 3.13. The topological polar surface area (TPSA) is 37.4 Å². The van der Waals surface area contributed by atoms with Gasteiger partial charge in [-0.25, -0.2) is 0 Å². The van der Waals surface area contributed by atoms with E-state index in [0.29, 0.717) is 16.7 Å². The van der Waals surface area contributed by atoms with Gasteiger partial charge < -0.3 is 4.90 Å². The van der Waals surface area contributed by atoms with Gasteiger partial charge in [0.25, 0.3) is 0 Å². The van der Waals surface area contributed by atoms with Gasteiger partial charge in [-0.3, -0.25) is 9.59 Å². The van der Waals surface area contributed by atoms with Crippen molar-refractivity contribution >= 4 is 22.8 Å². The van der Waals surface area contributed by atoms with Crippen LogP contribution in [0.25, 0.3) is 5.57 Å². The van der Waals surface area contributed by atoms with Crippen molar-refractivity contribution in [1.82, 2.24) is 0 Å². The molecular formula is C22H29NO2. The average molecular weight is 339 g/mol. The smallest absolute Gasteiger partial charge is 0.187 e. The average Bonchev–Trinajstić information content (AvgIpc) is 2.46. The number of anilines is 1. The Labute approximate surface area is 151 Å². The van der Waals surface area contributed by atoms with E-state index in [9.17, 15) is 9.59 Å². The molecular weight excluding hydrogens is 310 g/mol. The van der Waals surface area contributed by atoms with Crippen LogP contribution < -0.4 is 4.90 Å². The van der Waals surface area contributed by atoms with Gasteiger partial charge in [-0.2, -0.15) is 0 Å². The number of carbonyl (C=O) groups excluding carboxylic acids is 2. The van der Waals surface area contributed by atoms with E-state index in [1.54, 1.807) is 0 Å². The molecule has 0 amide bonds. The van der Waals surface area contributed by atoms with Gasteiger partial charge >= 0.3 is 0 Å². The fraction of sp³-hybridized carbons (Fsp3) is 0.455. The highest BCUT2D eigenvalue weighted by atomic mass is 16.1. The predicted octanol–water partition coefficient (Wildman–Crippen LogP) is 4.68. The number of rotatable bonds is 2. The number of Topliss-reactive ketones (excluding diaryl/α,β-unsaturated/α-hetero) is 1. The van der Waals surface area contributed by atoms with E-state index in [-0.39, 0.29) is 17.0 Å². The second kappa shape index (κ2) is 6.29. The molecule has 0 spiro atoms. The summed E-state index contributed by atoms with van der Waals surface area (Å²) < 4.78 is 0. The van der Waals surface area contributed by atoms with E-state index >= 15 is 0 Å². The molecule has 3 heteroatoms. The Bertz CT molecular complexity index is 764. The number of allylic oxidation sites excluding steroid dienone is 4. The number of hydrogen-bond donors (Lipinski definition) is 0. The number of hydrogen-bond acceptors (Lipinski definition) is 3. The highest BCUT2D eigenvalue weighted by Gasteiger charge is 2.39. The Morgan fingerprint density at radius 3 is 1.72 bits per heavy atom. The van der Waals surface area contributed by atoms with Gasteiger partial charge in [0.15, 0.2) is 11.6 Å². The monoisotopic (exact) mass is 339 g/mol. The third-order valence-electron chi connectivity index (χ3n) is 4.47. The van der Waals surface area contributed by atoms with Crippen molar-refractivity contribution in [1.29, 1.82) is 0 Å². The van der Waals surface area contributed by atoms with Crippen molar-refractivity contribution in [2.75, 3.05) is 19.0 Å². The molecule has 1 aliphatic rings. The summed E-state index contributed by atoms with van der Waals surface area (Å²) >= 11 is 0. The summed E-state index contributed by atoms with van der Waals surface area (Å²) in [7, 11) is 3.95. The molecule has 0 radical (unpaired) electrons. The maximum atomic E-state index is 13.2. The molecule has 0 saturated carbocycles. The SMILES string of the molecule is CN(C)c1ccc(C2=C(C(C)(C)C)C(=O)C(C(C)(C)C)=CC2=O)cc1. The van der Waals surface area contributed by atoms with Gasteiger partial charge in [0.2, 0.25) is 0 Å². The van der Waals surface area contributed by atoms with E-state index < -0.39 is 5.41 Å². The molecule has 1 aliphatic carbocycles. The first-order valence-electron chi connectivity index (χ1n) is 8.67. The molecule has 0 unspecified atom stereocenters. The first kappa shape index (κ1) is 19.2. The molecule has 0 atom stereocenters. The molecule has 0 saturated heterocycles. The molecule has 134 valence electrons. The number of benzene rings is 1. The molecule has 0 aromatic heterocycles. The summed E-state index contributed by atoms with van der Waals surface area (Å²) in [6.07, 6.45) is 1.53. The Hall–Kier alpha value is -2.16. The molecule has 1 aromatic rings. The minimum atomic E-state index is -0.410. The molecule has 1 aromatic carbocycles. The van der Waals surface area contributed by atoms with Gasteiger partial charge in [0, 0.05) is 36.5 Å². The summed E-state index contributed by atoms with van der Waals surface area (Å²) in [6, 6.07) is 7.81. The predicted molar refractivity (Wildman–Crippen MR) is 105 cm³/mol. The van der Waals surface area contributed by atoms with E-state index in [1.807, 2.05) is 84.8 Å². The number of ketones is 2. The summed E-state index contributed by atoms with van der Waals surface area (Å²) in [5, 5.41) is 0. The molecule has 0 N–H and O–H groups in total. The van der Waals surface area contributed by atoms with Crippen LogP contribution in [0.3, 0.4) is 0 Å². The highest BCUT2D eigenvalue weighted by Crippen LogP contribution is 2.42. The van der Waals surface area contributed by atoms with Crippen LogP contribution in [0, 0.1) is 10.8 Å². The van der Waals surface area contributed by atoms with Crippen LogP contribution in [0.2, 0.25) is 0 Å². The lowest BCUT2D eigenvalue weighted by atomic mass is 9.69. The van der Waals surface area contributed by atoms with Gasteiger partial charge in [-0.05, 0) is 34.6 Å². The highest BCUT2D eigenvalue weighted by molar-refractivity contribution is 6.37. The molecule has 3 nitrogen and oxygen atoms in total. The van der Waals surface area contributed by atoms with Crippen molar-refractivity contribution < 1.29 is 9.59 Å². The second-order valence-electron chi connectivity index (χ2n) is 8.94. The van der Waals surface area contributed by atoms with Gasteiger partial charge in [0.05, 0.1) is 0 Å². The minimum Gasteiger partial charge on any atom is -0.378 e. The van der Waals surface area contributed by atoms with Crippen molar-refractivity contribution in [3.63, 3.8) is 0 Å². The normalized spacial score (nSPS) is 16.2. The summed E-state index contributed by atoms with van der Waals surface area (Å²) in [6.45, 7) is 11.9.